The number of phenols is 1. The molecule has 0 aliphatic carbocycles. The molecule has 0 saturated carbocycles. The molecule has 2 aromatic carbocycles. The molecule has 0 aliphatic rings. The minimum Gasteiger partial charge on any atom is -0.507 e. The van der Waals surface area contributed by atoms with Gasteiger partial charge in [0.1, 0.15) is 11.9 Å². The third kappa shape index (κ3) is 5.27. The summed E-state index contributed by atoms with van der Waals surface area (Å²) >= 11 is 3.33. The predicted molar refractivity (Wildman–Crippen MR) is 112 cm³/mol. The van der Waals surface area contributed by atoms with Crippen LogP contribution in [-0.2, 0) is 6.54 Å². The molecule has 3 rings (SSSR count). The molecule has 0 bridgehead atoms. The van der Waals surface area contributed by atoms with Crippen molar-refractivity contribution in [3.63, 3.8) is 0 Å². The summed E-state index contributed by atoms with van der Waals surface area (Å²) in [6.45, 7) is 0.193. The molecule has 1 heterocycles. The molecular weight excluding hydrogens is 476 g/mol. The Morgan fingerprint density at radius 2 is 2.00 bits per heavy atom. The summed E-state index contributed by atoms with van der Waals surface area (Å²) in [5, 5.41) is 39.4. The summed E-state index contributed by atoms with van der Waals surface area (Å²) in [4.78, 5) is 33.1. The van der Waals surface area contributed by atoms with Gasteiger partial charge in [0.2, 0.25) is 5.69 Å². The zero-order valence-electron chi connectivity index (χ0n) is 15.5. The number of phenolic OH excluding ortho intramolecular Hbond substituents is 1. The number of nitrogens with one attached hydrogen (secondary N) is 1. The lowest BCUT2D eigenvalue weighted by Crippen LogP contribution is -2.19. The third-order valence-corrected chi connectivity index (χ3v) is 4.47. The highest BCUT2D eigenvalue weighted by Crippen LogP contribution is 2.21. The largest absolute Gasteiger partial charge is 0.507 e. The highest BCUT2D eigenvalue weighted by Gasteiger charge is 2.25. The molecule has 0 saturated heterocycles. The maximum absolute atomic E-state index is 12.4. The summed E-state index contributed by atoms with van der Waals surface area (Å²) in [6, 6.07) is 10.5. The van der Waals surface area contributed by atoms with E-state index in [1.54, 1.807) is 12.1 Å². The van der Waals surface area contributed by atoms with Gasteiger partial charge < -0.3 is 5.11 Å². The van der Waals surface area contributed by atoms with E-state index in [0.717, 1.165) is 40.6 Å². The lowest BCUT2D eigenvalue weighted by molar-refractivity contribution is -0.385. The Morgan fingerprint density at radius 1 is 1.23 bits per heavy atom. The Hall–Kier alpha value is -4.13. The van der Waals surface area contributed by atoms with Crippen molar-refractivity contribution >= 4 is 39.4 Å². The van der Waals surface area contributed by atoms with Gasteiger partial charge in [0, 0.05) is 22.2 Å². The number of rotatable bonds is 7. The van der Waals surface area contributed by atoms with Crippen molar-refractivity contribution in [3.8, 4) is 5.75 Å². The van der Waals surface area contributed by atoms with Crippen LogP contribution in [0.2, 0.25) is 0 Å². The van der Waals surface area contributed by atoms with Gasteiger partial charge in [-0.3, -0.25) is 29.7 Å². The summed E-state index contributed by atoms with van der Waals surface area (Å²) in [6.07, 6.45) is 2.11. The van der Waals surface area contributed by atoms with Crippen molar-refractivity contribution in [1.82, 2.24) is 15.2 Å². The van der Waals surface area contributed by atoms with E-state index in [1.165, 1.54) is 4.68 Å². The van der Waals surface area contributed by atoms with Gasteiger partial charge in [-0.05, 0) is 23.8 Å². The van der Waals surface area contributed by atoms with Gasteiger partial charge in [-0.1, -0.05) is 28.1 Å². The molecule has 0 aliphatic heterocycles. The molecule has 31 heavy (non-hydrogen) atoms. The average Bonchev–Trinajstić information content (AvgIpc) is 3.13. The molecule has 1 amide bonds. The fourth-order valence-corrected chi connectivity index (χ4v) is 3.03. The molecule has 0 fully saturated rings. The topological polar surface area (TPSA) is 166 Å². The van der Waals surface area contributed by atoms with Gasteiger partial charge in [-0.25, -0.2) is 5.43 Å². The molecule has 0 spiro atoms. The Balaban J connectivity index is 1.79. The highest BCUT2D eigenvalue weighted by molar-refractivity contribution is 9.10. The van der Waals surface area contributed by atoms with Crippen LogP contribution < -0.4 is 5.43 Å². The Labute approximate surface area is 182 Å². The van der Waals surface area contributed by atoms with Gasteiger partial charge in [0.05, 0.1) is 22.6 Å². The fraction of sp³-hybridized carbons (Fsp3) is 0.0556. The molecule has 1 aromatic heterocycles. The van der Waals surface area contributed by atoms with Crippen LogP contribution in [0.3, 0.4) is 0 Å². The van der Waals surface area contributed by atoms with Crippen LogP contribution in [0.5, 0.6) is 5.75 Å². The second kappa shape index (κ2) is 9.13. The summed E-state index contributed by atoms with van der Waals surface area (Å²) in [7, 11) is 0. The van der Waals surface area contributed by atoms with Crippen molar-refractivity contribution < 1.29 is 19.7 Å². The zero-order chi connectivity index (χ0) is 22.5. The maximum Gasteiger partial charge on any atom is 0.320 e. The Bertz CT molecular complexity index is 1210. The predicted octanol–water partition coefficient (Wildman–Crippen LogP) is 2.98. The number of amides is 1. The van der Waals surface area contributed by atoms with Crippen LogP contribution in [0.25, 0.3) is 0 Å². The van der Waals surface area contributed by atoms with E-state index < -0.39 is 27.1 Å². The quantitative estimate of drug-likeness (QED) is 0.292. The lowest BCUT2D eigenvalue weighted by atomic mass is 10.2. The summed E-state index contributed by atoms with van der Waals surface area (Å²) in [5.41, 5.74) is 1.59. The second-order valence-electron chi connectivity index (χ2n) is 6.15. The normalized spacial score (nSPS) is 10.9. The summed E-state index contributed by atoms with van der Waals surface area (Å²) < 4.78 is 2.08. The lowest BCUT2D eigenvalue weighted by Gasteiger charge is -2.02. The number of hydrazone groups is 1. The van der Waals surface area contributed by atoms with E-state index in [0.29, 0.717) is 0 Å². The number of halogens is 1. The Morgan fingerprint density at radius 3 is 2.68 bits per heavy atom. The van der Waals surface area contributed by atoms with Crippen LogP contribution in [-0.4, -0.2) is 36.9 Å². The van der Waals surface area contributed by atoms with Crippen LogP contribution in [0, 0.1) is 20.2 Å². The van der Waals surface area contributed by atoms with Crippen molar-refractivity contribution in [2.45, 2.75) is 6.54 Å². The van der Waals surface area contributed by atoms with Crippen molar-refractivity contribution in [3.05, 3.63) is 90.2 Å². The number of non-ortho nitro benzene ring substituents is 1. The molecule has 13 heteroatoms. The second-order valence-corrected chi connectivity index (χ2v) is 7.06. The maximum atomic E-state index is 12.4. The number of nitro groups is 2. The van der Waals surface area contributed by atoms with Gasteiger partial charge in [0.25, 0.3) is 11.6 Å². The molecule has 158 valence electrons. The summed E-state index contributed by atoms with van der Waals surface area (Å²) in [5.74, 6) is -1.26. The third-order valence-electron chi connectivity index (χ3n) is 3.98. The van der Waals surface area contributed by atoms with E-state index in [4.69, 9.17) is 0 Å². The number of hydrogen-bond donors (Lipinski definition) is 2. The molecule has 3 aromatic rings. The zero-order valence-corrected chi connectivity index (χ0v) is 17.1. The fourth-order valence-electron chi connectivity index (χ4n) is 2.58. The first kappa shape index (κ1) is 21.6. The van der Waals surface area contributed by atoms with Gasteiger partial charge in [-0.2, -0.15) is 10.2 Å². The molecule has 0 atom stereocenters. The number of nitro benzene ring substituents is 1. The number of carbonyl (C=O) groups excluding carboxylic acids is 1. The highest BCUT2D eigenvalue weighted by atomic mass is 79.9. The van der Waals surface area contributed by atoms with Crippen LogP contribution in [0.15, 0.2) is 58.2 Å². The minimum atomic E-state index is -0.958. The number of benzene rings is 2. The van der Waals surface area contributed by atoms with Crippen molar-refractivity contribution in [2.24, 2.45) is 5.10 Å². The van der Waals surface area contributed by atoms with E-state index in [2.05, 4.69) is 31.6 Å². The van der Waals surface area contributed by atoms with Gasteiger partial charge >= 0.3 is 5.69 Å². The minimum absolute atomic E-state index is 0.0239. The molecule has 0 radical (unpaired) electrons. The van der Waals surface area contributed by atoms with Crippen molar-refractivity contribution in [2.75, 3.05) is 0 Å². The standard InChI is InChI=1S/C18H13BrN6O6/c19-13-3-1-2-11(6-13)9-23-10-15(25(30)31)17(22-23)18(27)21-20-8-12-7-14(24(28)29)4-5-16(12)26/h1-8,10,26H,9H2,(H,21,27)/b20-8-. The van der Waals surface area contributed by atoms with Gasteiger partial charge in [0.15, 0.2) is 0 Å². The molecule has 12 nitrogen and oxygen atoms in total. The first-order valence-electron chi connectivity index (χ1n) is 8.51. The number of aromatic nitrogens is 2. The van der Waals surface area contributed by atoms with Gasteiger partial charge in [-0.15, -0.1) is 0 Å². The Kier molecular flexibility index (Phi) is 6.35. The van der Waals surface area contributed by atoms with Crippen molar-refractivity contribution in [1.29, 1.82) is 0 Å². The van der Waals surface area contributed by atoms with Crippen LogP contribution in [0.4, 0.5) is 11.4 Å². The molecule has 2 N–H and O–H groups in total. The molecular formula is C18H13BrN6O6. The van der Waals surface area contributed by atoms with E-state index >= 15 is 0 Å². The van der Waals surface area contributed by atoms with E-state index in [1.807, 2.05) is 12.1 Å². The van der Waals surface area contributed by atoms with Crippen LogP contribution >= 0.6 is 15.9 Å². The number of nitrogens with zero attached hydrogens (tertiary/aromatic N) is 5. The first-order valence-corrected chi connectivity index (χ1v) is 9.31. The monoisotopic (exact) mass is 488 g/mol. The smallest absolute Gasteiger partial charge is 0.320 e. The van der Waals surface area contributed by atoms with E-state index in [9.17, 15) is 30.1 Å². The number of carbonyl (C=O) groups is 1. The SMILES string of the molecule is O=C(N/N=C\c1cc([N+](=O)[O-])ccc1O)c1nn(Cc2cccc(Br)c2)cc1[N+](=O)[O-]. The number of aromatic hydroxyl groups is 1. The van der Waals surface area contributed by atoms with E-state index in [-0.39, 0.29) is 23.5 Å². The average molecular weight is 489 g/mol. The first-order chi connectivity index (χ1) is 14.7. The molecule has 0 unspecified atom stereocenters. The number of hydrogen-bond acceptors (Lipinski definition) is 8. The van der Waals surface area contributed by atoms with Crippen LogP contribution in [0.1, 0.15) is 21.6 Å².